The normalized spacial score (nSPS) is 11.0. The number of para-hydroxylation sites is 1. The van der Waals surface area contributed by atoms with Crippen LogP contribution >= 0.6 is 23.1 Å². The van der Waals surface area contributed by atoms with E-state index in [2.05, 4.69) is 46.8 Å². The Morgan fingerprint density at radius 1 is 1.07 bits per heavy atom. The summed E-state index contributed by atoms with van der Waals surface area (Å²) < 4.78 is 7.44. The van der Waals surface area contributed by atoms with Crippen LogP contribution in [0.5, 0.6) is 5.75 Å². The Labute approximate surface area is 172 Å². The first kappa shape index (κ1) is 18.7. The van der Waals surface area contributed by atoms with Gasteiger partial charge in [0.25, 0.3) is 0 Å². The van der Waals surface area contributed by atoms with Crippen LogP contribution in [0.3, 0.4) is 0 Å². The molecule has 0 unspecified atom stereocenters. The van der Waals surface area contributed by atoms with Crippen molar-refractivity contribution in [1.29, 1.82) is 0 Å². The van der Waals surface area contributed by atoms with Crippen LogP contribution in [-0.4, -0.2) is 26.9 Å². The summed E-state index contributed by atoms with van der Waals surface area (Å²) in [5, 5.41) is 12.7. The van der Waals surface area contributed by atoms with E-state index in [1.54, 1.807) is 30.2 Å². The monoisotopic (exact) mass is 408 g/mol. The summed E-state index contributed by atoms with van der Waals surface area (Å²) in [6.45, 7) is 2.09. The van der Waals surface area contributed by atoms with Gasteiger partial charge < -0.3 is 9.30 Å². The largest absolute Gasteiger partial charge is 0.496 e. The summed E-state index contributed by atoms with van der Waals surface area (Å²) in [6, 6.07) is 16.3. The van der Waals surface area contributed by atoms with Crippen molar-refractivity contribution in [2.24, 2.45) is 7.05 Å². The lowest BCUT2D eigenvalue weighted by Crippen LogP contribution is -1.97. The zero-order valence-corrected chi connectivity index (χ0v) is 17.5. The number of hydrogen-bond donors (Lipinski definition) is 0. The molecule has 0 saturated carbocycles. The van der Waals surface area contributed by atoms with E-state index in [1.165, 1.54) is 5.56 Å². The van der Waals surface area contributed by atoms with E-state index in [9.17, 15) is 0 Å². The molecule has 2 aromatic heterocycles. The lowest BCUT2D eigenvalue weighted by Gasteiger charge is -2.07. The Balaban J connectivity index is 1.49. The summed E-state index contributed by atoms with van der Waals surface area (Å²) in [4.78, 5) is 4.77. The van der Waals surface area contributed by atoms with Gasteiger partial charge in [-0.3, -0.25) is 0 Å². The van der Waals surface area contributed by atoms with Crippen molar-refractivity contribution in [2.75, 3.05) is 7.11 Å². The Bertz CT molecular complexity index is 1090. The maximum absolute atomic E-state index is 5.45. The van der Waals surface area contributed by atoms with E-state index in [-0.39, 0.29) is 0 Å². The Morgan fingerprint density at radius 2 is 1.86 bits per heavy atom. The molecule has 4 aromatic rings. The maximum atomic E-state index is 5.45. The average molecular weight is 409 g/mol. The van der Waals surface area contributed by atoms with Gasteiger partial charge in [0.05, 0.1) is 18.4 Å². The molecule has 142 valence electrons. The van der Waals surface area contributed by atoms with Crippen molar-refractivity contribution in [2.45, 2.75) is 17.8 Å². The van der Waals surface area contributed by atoms with E-state index < -0.39 is 0 Å². The number of rotatable bonds is 6. The number of nitrogens with zero attached hydrogens (tertiary/aromatic N) is 4. The molecule has 0 amide bonds. The maximum Gasteiger partial charge on any atom is 0.191 e. The second-order valence-corrected chi connectivity index (χ2v) is 8.16. The standard InChI is InChI=1S/C21H20N4OS2/c1-14-8-10-15(11-9-14)20-22-16(12-27-20)13-28-21-24-23-19(25(21)2)17-6-4-5-7-18(17)26-3/h4-12H,13H2,1-3H3. The number of thioether (sulfide) groups is 1. The van der Waals surface area contributed by atoms with Gasteiger partial charge in [-0.2, -0.15) is 0 Å². The summed E-state index contributed by atoms with van der Waals surface area (Å²) in [7, 11) is 3.64. The smallest absolute Gasteiger partial charge is 0.191 e. The van der Waals surface area contributed by atoms with Gasteiger partial charge in [0.2, 0.25) is 0 Å². The lowest BCUT2D eigenvalue weighted by molar-refractivity contribution is 0.416. The van der Waals surface area contributed by atoms with Gasteiger partial charge in [-0.1, -0.05) is 53.7 Å². The third-order valence-corrected chi connectivity index (χ3v) is 6.38. The van der Waals surface area contributed by atoms with Crippen LogP contribution in [-0.2, 0) is 12.8 Å². The predicted octanol–water partition coefficient (Wildman–Crippen LogP) is 5.21. The van der Waals surface area contributed by atoms with Crippen LogP contribution in [0.25, 0.3) is 22.0 Å². The second kappa shape index (κ2) is 8.16. The predicted molar refractivity (Wildman–Crippen MR) is 115 cm³/mol. The third kappa shape index (κ3) is 3.81. The Morgan fingerprint density at radius 3 is 2.64 bits per heavy atom. The summed E-state index contributed by atoms with van der Waals surface area (Å²) >= 11 is 3.30. The van der Waals surface area contributed by atoms with Crippen LogP contribution in [0.1, 0.15) is 11.3 Å². The molecule has 2 aromatic carbocycles. The minimum atomic E-state index is 0.750. The number of benzene rings is 2. The van der Waals surface area contributed by atoms with E-state index in [0.717, 1.165) is 44.3 Å². The van der Waals surface area contributed by atoms with E-state index in [4.69, 9.17) is 9.72 Å². The fourth-order valence-electron chi connectivity index (χ4n) is 2.84. The van der Waals surface area contributed by atoms with Crippen LogP contribution in [0.4, 0.5) is 0 Å². The summed E-state index contributed by atoms with van der Waals surface area (Å²) in [5.74, 6) is 2.33. The van der Waals surface area contributed by atoms with E-state index >= 15 is 0 Å². The topological polar surface area (TPSA) is 52.8 Å². The number of thiazole rings is 1. The Hall–Kier alpha value is -2.64. The highest BCUT2D eigenvalue weighted by atomic mass is 32.2. The fraction of sp³-hybridized carbons (Fsp3) is 0.190. The Kier molecular flexibility index (Phi) is 5.45. The SMILES string of the molecule is COc1ccccc1-c1nnc(SCc2csc(-c3ccc(C)cc3)n2)n1C. The number of aryl methyl sites for hydroxylation is 1. The van der Waals surface area contributed by atoms with Crippen LogP contribution in [0.15, 0.2) is 59.1 Å². The molecule has 0 bridgehead atoms. The van der Waals surface area contributed by atoms with Crippen molar-refractivity contribution in [3.63, 3.8) is 0 Å². The van der Waals surface area contributed by atoms with Gasteiger partial charge in [0, 0.05) is 23.7 Å². The molecular formula is C21H20N4OS2. The van der Waals surface area contributed by atoms with Crippen molar-refractivity contribution < 1.29 is 4.74 Å². The molecule has 0 N–H and O–H groups in total. The highest BCUT2D eigenvalue weighted by Gasteiger charge is 2.15. The number of ether oxygens (including phenoxy) is 1. The molecule has 0 spiro atoms. The first-order valence-corrected chi connectivity index (χ1v) is 10.7. The van der Waals surface area contributed by atoms with Gasteiger partial charge in [0.15, 0.2) is 11.0 Å². The van der Waals surface area contributed by atoms with Crippen LogP contribution in [0, 0.1) is 6.92 Å². The summed E-state index contributed by atoms with van der Waals surface area (Å²) in [6.07, 6.45) is 0. The number of aromatic nitrogens is 4. The molecule has 0 aliphatic rings. The van der Waals surface area contributed by atoms with Gasteiger partial charge in [0.1, 0.15) is 10.8 Å². The number of hydrogen-bond acceptors (Lipinski definition) is 6. The zero-order chi connectivity index (χ0) is 19.5. The van der Waals surface area contributed by atoms with E-state index in [1.807, 2.05) is 35.9 Å². The minimum absolute atomic E-state index is 0.750. The molecule has 0 radical (unpaired) electrons. The molecular weight excluding hydrogens is 388 g/mol. The molecule has 5 nitrogen and oxygen atoms in total. The molecule has 7 heteroatoms. The van der Waals surface area contributed by atoms with Crippen LogP contribution < -0.4 is 4.74 Å². The fourth-order valence-corrected chi connectivity index (χ4v) is 4.58. The molecule has 0 aliphatic heterocycles. The highest BCUT2D eigenvalue weighted by Crippen LogP contribution is 2.31. The first-order valence-electron chi connectivity index (χ1n) is 8.82. The van der Waals surface area contributed by atoms with E-state index in [0.29, 0.717) is 0 Å². The third-order valence-electron chi connectivity index (χ3n) is 4.38. The molecule has 2 heterocycles. The van der Waals surface area contributed by atoms with Crippen LogP contribution in [0.2, 0.25) is 0 Å². The number of methoxy groups -OCH3 is 1. The first-order chi connectivity index (χ1) is 13.7. The second-order valence-electron chi connectivity index (χ2n) is 6.36. The van der Waals surface area contributed by atoms with Gasteiger partial charge >= 0.3 is 0 Å². The zero-order valence-electron chi connectivity index (χ0n) is 15.9. The molecule has 0 fully saturated rings. The van der Waals surface area contributed by atoms with Crippen molar-refractivity contribution in [3.8, 4) is 27.7 Å². The molecule has 0 atom stereocenters. The van der Waals surface area contributed by atoms with Crippen molar-refractivity contribution >= 4 is 23.1 Å². The van der Waals surface area contributed by atoms with Gasteiger partial charge in [-0.15, -0.1) is 21.5 Å². The van der Waals surface area contributed by atoms with Crippen molar-refractivity contribution in [3.05, 3.63) is 65.2 Å². The summed E-state index contributed by atoms with van der Waals surface area (Å²) in [5.41, 5.74) is 4.39. The van der Waals surface area contributed by atoms with Gasteiger partial charge in [-0.05, 0) is 19.1 Å². The molecule has 28 heavy (non-hydrogen) atoms. The molecule has 4 rings (SSSR count). The highest BCUT2D eigenvalue weighted by molar-refractivity contribution is 7.98. The lowest BCUT2D eigenvalue weighted by atomic mass is 10.2. The van der Waals surface area contributed by atoms with Crippen molar-refractivity contribution in [1.82, 2.24) is 19.7 Å². The quantitative estimate of drug-likeness (QED) is 0.410. The molecule has 0 saturated heterocycles. The molecule has 0 aliphatic carbocycles. The average Bonchev–Trinajstić information content (AvgIpc) is 3.34. The van der Waals surface area contributed by atoms with Gasteiger partial charge in [-0.25, -0.2) is 4.98 Å². The minimum Gasteiger partial charge on any atom is -0.496 e.